The van der Waals surface area contributed by atoms with Crippen LogP contribution >= 0.6 is 23.1 Å². The van der Waals surface area contributed by atoms with Gasteiger partial charge in [0.2, 0.25) is 5.91 Å². The van der Waals surface area contributed by atoms with Gasteiger partial charge in [0.05, 0.1) is 16.0 Å². The third kappa shape index (κ3) is 5.95. The Balaban J connectivity index is 1.45. The van der Waals surface area contributed by atoms with E-state index in [1.807, 2.05) is 13.8 Å². The van der Waals surface area contributed by atoms with Gasteiger partial charge in [0.1, 0.15) is 16.5 Å². The summed E-state index contributed by atoms with van der Waals surface area (Å²) in [5.41, 5.74) is 1.83. The van der Waals surface area contributed by atoms with E-state index in [-0.39, 0.29) is 34.5 Å². The number of anilines is 2. The summed E-state index contributed by atoms with van der Waals surface area (Å²) >= 11 is 2.60. The maximum Gasteiger partial charge on any atom is 0.263 e. The summed E-state index contributed by atoms with van der Waals surface area (Å²) in [5.74, 6) is 0.315. The minimum atomic E-state index is -3.88. The van der Waals surface area contributed by atoms with Crippen molar-refractivity contribution in [3.63, 3.8) is 0 Å². The molecule has 0 aliphatic heterocycles. The van der Waals surface area contributed by atoms with E-state index >= 15 is 0 Å². The number of benzene rings is 1. The van der Waals surface area contributed by atoms with E-state index in [0.29, 0.717) is 32.6 Å². The van der Waals surface area contributed by atoms with Gasteiger partial charge < -0.3 is 5.32 Å². The lowest BCUT2D eigenvalue weighted by Gasteiger charge is -2.11. The molecule has 4 aromatic rings. The normalized spacial score (nSPS) is 11.5. The van der Waals surface area contributed by atoms with Crippen LogP contribution in [0, 0.1) is 27.7 Å². The first-order chi connectivity index (χ1) is 18.0. The molecule has 10 nitrogen and oxygen atoms in total. The zero-order chi connectivity index (χ0) is 27.6. The van der Waals surface area contributed by atoms with E-state index in [2.05, 4.69) is 31.6 Å². The van der Waals surface area contributed by atoms with Crippen LogP contribution in [0.3, 0.4) is 0 Å². The molecule has 0 saturated carbocycles. The second-order valence-electron chi connectivity index (χ2n) is 8.47. The maximum atomic E-state index is 13.1. The van der Waals surface area contributed by atoms with Crippen molar-refractivity contribution in [2.75, 3.05) is 15.8 Å². The molecule has 198 valence electrons. The van der Waals surface area contributed by atoms with Crippen LogP contribution in [-0.2, 0) is 21.4 Å². The molecule has 0 aliphatic rings. The summed E-state index contributed by atoms with van der Waals surface area (Å²) in [6, 6.07) is 7.33. The van der Waals surface area contributed by atoms with Crippen LogP contribution in [0.5, 0.6) is 0 Å². The number of amides is 1. The van der Waals surface area contributed by atoms with Crippen molar-refractivity contribution in [1.29, 1.82) is 0 Å². The van der Waals surface area contributed by atoms with Crippen LogP contribution in [-0.4, -0.2) is 39.6 Å². The summed E-state index contributed by atoms with van der Waals surface area (Å²) in [7, 11) is -3.88. The lowest BCUT2D eigenvalue weighted by Crippen LogP contribution is -2.23. The van der Waals surface area contributed by atoms with Crippen molar-refractivity contribution in [2.45, 2.75) is 44.3 Å². The predicted octanol–water partition coefficient (Wildman–Crippen LogP) is 4.20. The maximum absolute atomic E-state index is 13.1. The quantitative estimate of drug-likeness (QED) is 0.174. The molecule has 0 bridgehead atoms. The van der Waals surface area contributed by atoms with Gasteiger partial charge in [-0.15, -0.1) is 17.9 Å². The molecule has 3 heterocycles. The number of rotatable bonds is 9. The molecule has 38 heavy (non-hydrogen) atoms. The lowest BCUT2D eigenvalue weighted by atomic mass is 10.2. The number of aromatic nitrogens is 4. The molecule has 1 amide bonds. The first-order valence-corrected chi connectivity index (χ1v) is 14.8. The van der Waals surface area contributed by atoms with Crippen molar-refractivity contribution < 1.29 is 13.2 Å². The summed E-state index contributed by atoms with van der Waals surface area (Å²) < 4.78 is 29.4. The van der Waals surface area contributed by atoms with Crippen molar-refractivity contribution in [3.05, 3.63) is 75.3 Å². The molecule has 4 rings (SSSR count). The molecule has 0 unspecified atom stereocenters. The highest BCUT2D eigenvalue weighted by atomic mass is 32.2. The molecule has 0 aliphatic carbocycles. The van der Waals surface area contributed by atoms with E-state index in [1.54, 1.807) is 26.0 Å². The minimum absolute atomic E-state index is 0.00640. The summed E-state index contributed by atoms with van der Waals surface area (Å²) in [6.45, 7) is 11.3. The Kier molecular flexibility index (Phi) is 7.99. The molecular weight excluding hydrogens is 545 g/mol. The number of allylic oxidation sites excluding steroid dienone is 1. The number of aryl methyl sites for hydroxylation is 4. The summed E-state index contributed by atoms with van der Waals surface area (Å²) in [4.78, 5) is 40.3. The average Bonchev–Trinajstić information content (AvgIpc) is 3.12. The van der Waals surface area contributed by atoms with Crippen molar-refractivity contribution in [3.8, 4) is 0 Å². The Morgan fingerprint density at radius 2 is 1.84 bits per heavy atom. The molecule has 2 N–H and O–H groups in total. The topological polar surface area (TPSA) is 136 Å². The van der Waals surface area contributed by atoms with Crippen LogP contribution < -0.4 is 15.6 Å². The van der Waals surface area contributed by atoms with Gasteiger partial charge in [-0.2, -0.15) is 0 Å². The van der Waals surface area contributed by atoms with E-state index in [1.165, 1.54) is 40.2 Å². The van der Waals surface area contributed by atoms with Crippen molar-refractivity contribution in [1.82, 2.24) is 19.5 Å². The number of carbonyl (C=O) groups is 1. The van der Waals surface area contributed by atoms with Crippen LogP contribution in [0.1, 0.15) is 22.0 Å². The van der Waals surface area contributed by atoms with Gasteiger partial charge in [0, 0.05) is 28.9 Å². The molecule has 0 spiro atoms. The fraction of sp³-hybridized carbons (Fsp3) is 0.240. The molecule has 13 heteroatoms. The van der Waals surface area contributed by atoms with Crippen LogP contribution in [0.25, 0.3) is 10.2 Å². The fourth-order valence-corrected chi connectivity index (χ4v) is 6.59. The zero-order valence-electron chi connectivity index (χ0n) is 21.2. The Morgan fingerprint density at radius 3 is 2.50 bits per heavy atom. The molecule has 0 saturated heterocycles. The molecule has 3 aromatic heterocycles. The van der Waals surface area contributed by atoms with Gasteiger partial charge in [-0.3, -0.25) is 18.9 Å². The second-order valence-corrected chi connectivity index (χ2v) is 12.3. The van der Waals surface area contributed by atoms with Crippen LogP contribution in [0.4, 0.5) is 11.5 Å². The van der Waals surface area contributed by atoms with Gasteiger partial charge in [-0.1, -0.05) is 17.8 Å². The third-order valence-corrected chi connectivity index (χ3v) is 9.00. The predicted molar refractivity (Wildman–Crippen MR) is 152 cm³/mol. The Morgan fingerprint density at radius 1 is 1.13 bits per heavy atom. The van der Waals surface area contributed by atoms with Crippen LogP contribution in [0.15, 0.2) is 57.8 Å². The van der Waals surface area contributed by atoms with Crippen molar-refractivity contribution in [2.24, 2.45) is 0 Å². The van der Waals surface area contributed by atoms with Gasteiger partial charge >= 0.3 is 0 Å². The largest absolute Gasteiger partial charge is 0.325 e. The molecule has 0 atom stereocenters. The van der Waals surface area contributed by atoms with E-state index in [4.69, 9.17) is 0 Å². The number of nitrogens with zero attached hydrogens (tertiary/aromatic N) is 4. The molecular formula is C25H26N6O4S3. The van der Waals surface area contributed by atoms with Gasteiger partial charge in [-0.05, 0) is 57.5 Å². The smallest absolute Gasteiger partial charge is 0.263 e. The highest BCUT2D eigenvalue weighted by molar-refractivity contribution is 7.99. The summed E-state index contributed by atoms with van der Waals surface area (Å²) in [6.07, 6.45) is 1.62. The third-order valence-electron chi connectivity index (χ3n) is 5.55. The molecule has 0 radical (unpaired) electrons. The number of fused-ring (bicyclic) bond motifs is 1. The number of sulfonamides is 1. The number of carbonyl (C=O) groups excluding carboxylic acids is 1. The monoisotopic (exact) mass is 570 g/mol. The highest BCUT2D eigenvalue weighted by Gasteiger charge is 2.18. The minimum Gasteiger partial charge on any atom is -0.325 e. The summed E-state index contributed by atoms with van der Waals surface area (Å²) in [5, 5.41) is 3.77. The van der Waals surface area contributed by atoms with E-state index in [0.717, 1.165) is 22.2 Å². The number of hydrogen-bond acceptors (Lipinski definition) is 9. The standard InChI is InChI=1S/C25H26N6O4S3/c1-6-11-31-24(33)22-15(3)16(4)37-23(22)29-25(31)36-13-21(32)28-18-7-9-19(10-8-18)38(34,35)30-20-12-14(2)26-17(5)27-20/h6-10,12H,1,11,13H2,2-5H3,(H,28,32)(H,26,27,30). The Bertz CT molecular complexity index is 1690. The van der Waals surface area contributed by atoms with E-state index < -0.39 is 10.0 Å². The number of nitrogens with one attached hydrogen (secondary N) is 2. The van der Waals surface area contributed by atoms with Crippen molar-refractivity contribution >= 4 is 60.8 Å². The number of thioether (sulfide) groups is 1. The molecule has 1 aromatic carbocycles. The number of thiophene rings is 1. The van der Waals surface area contributed by atoms with E-state index in [9.17, 15) is 18.0 Å². The highest BCUT2D eigenvalue weighted by Crippen LogP contribution is 2.28. The Hall–Kier alpha value is -3.55. The molecule has 0 fully saturated rings. The number of hydrogen-bond donors (Lipinski definition) is 2. The lowest BCUT2D eigenvalue weighted by molar-refractivity contribution is -0.113. The Labute approximate surface area is 228 Å². The average molecular weight is 571 g/mol. The first-order valence-electron chi connectivity index (χ1n) is 11.5. The van der Waals surface area contributed by atoms with Gasteiger partial charge in [-0.25, -0.2) is 23.4 Å². The first kappa shape index (κ1) is 27.5. The zero-order valence-corrected chi connectivity index (χ0v) is 23.7. The van der Waals surface area contributed by atoms with Gasteiger partial charge in [0.15, 0.2) is 5.16 Å². The second kappa shape index (κ2) is 11.1. The fourth-order valence-electron chi connectivity index (χ4n) is 3.72. The van der Waals surface area contributed by atoms with Gasteiger partial charge in [0.25, 0.3) is 15.6 Å². The van der Waals surface area contributed by atoms with Crippen LogP contribution in [0.2, 0.25) is 0 Å². The SMILES string of the molecule is C=CCn1c(SCC(=O)Nc2ccc(S(=O)(=O)Nc3cc(C)nc(C)n3)cc2)nc2sc(C)c(C)c2c1=O.